The highest BCUT2D eigenvalue weighted by molar-refractivity contribution is 5.83. The second-order valence-electron chi connectivity index (χ2n) is 5.81. The van der Waals surface area contributed by atoms with E-state index in [4.69, 9.17) is 9.47 Å². The molecule has 0 spiro atoms. The van der Waals surface area contributed by atoms with Gasteiger partial charge < -0.3 is 9.47 Å². The Morgan fingerprint density at radius 1 is 0.760 bits per heavy atom. The van der Waals surface area contributed by atoms with E-state index in [0.717, 1.165) is 16.7 Å². The first-order chi connectivity index (χ1) is 11.9. The number of aryl methyl sites for hydroxylation is 3. The minimum Gasteiger partial charge on any atom is -0.484 e. The number of hydrogen-bond donors (Lipinski definition) is 2. The van der Waals surface area contributed by atoms with E-state index >= 15 is 0 Å². The van der Waals surface area contributed by atoms with E-state index < -0.39 is 11.8 Å². The lowest BCUT2D eigenvalue weighted by Crippen LogP contribution is -2.45. The SMILES string of the molecule is Cc1cccc(OCC(=O)NNC(=O)COc2cc(C)cc(C)c2)c1. The van der Waals surface area contributed by atoms with Gasteiger partial charge in [0.05, 0.1) is 0 Å². The summed E-state index contributed by atoms with van der Waals surface area (Å²) in [4.78, 5) is 23.4. The van der Waals surface area contributed by atoms with E-state index in [1.165, 1.54) is 0 Å². The van der Waals surface area contributed by atoms with Gasteiger partial charge >= 0.3 is 0 Å². The minimum absolute atomic E-state index is 0.193. The number of hydrogen-bond acceptors (Lipinski definition) is 4. The maximum Gasteiger partial charge on any atom is 0.276 e. The Morgan fingerprint density at radius 2 is 1.28 bits per heavy atom. The number of amides is 2. The van der Waals surface area contributed by atoms with Crippen molar-refractivity contribution in [2.75, 3.05) is 13.2 Å². The zero-order chi connectivity index (χ0) is 18.2. The van der Waals surface area contributed by atoms with Crippen molar-refractivity contribution in [3.8, 4) is 11.5 Å². The molecule has 0 saturated carbocycles. The monoisotopic (exact) mass is 342 g/mol. The summed E-state index contributed by atoms with van der Waals surface area (Å²) in [5.41, 5.74) is 7.71. The molecule has 0 atom stereocenters. The topological polar surface area (TPSA) is 76.7 Å². The summed E-state index contributed by atoms with van der Waals surface area (Å²) >= 11 is 0. The molecule has 0 aliphatic rings. The van der Waals surface area contributed by atoms with Gasteiger partial charge in [0.25, 0.3) is 11.8 Å². The first-order valence-corrected chi connectivity index (χ1v) is 7.90. The van der Waals surface area contributed by atoms with Crippen LogP contribution in [-0.2, 0) is 9.59 Å². The molecular formula is C19H22N2O4. The quantitative estimate of drug-likeness (QED) is 0.789. The van der Waals surface area contributed by atoms with E-state index in [0.29, 0.717) is 11.5 Å². The fourth-order valence-corrected chi connectivity index (χ4v) is 2.23. The molecule has 25 heavy (non-hydrogen) atoms. The summed E-state index contributed by atoms with van der Waals surface area (Å²) in [7, 11) is 0. The summed E-state index contributed by atoms with van der Waals surface area (Å²) < 4.78 is 10.8. The first kappa shape index (κ1) is 18.3. The Morgan fingerprint density at radius 3 is 1.84 bits per heavy atom. The molecule has 0 aliphatic heterocycles. The Labute approximate surface area is 147 Å². The molecule has 0 aromatic heterocycles. The molecule has 0 radical (unpaired) electrons. The van der Waals surface area contributed by atoms with Gasteiger partial charge in [-0.1, -0.05) is 18.2 Å². The highest BCUT2D eigenvalue weighted by atomic mass is 16.5. The lowest BCUT2D eigenvalue weighted by atomic mass is 10.1. The van der Waals surface area contributed by atoms with Gasteiger partial charge in [-0.25, -0.2) is 0 Å². The Hall–Kier alpha value is -3.02. The molecule has 0 unspecified atom stereocenters. The standard InChI is InChI=1S/C19H22N2O4/c1-13-5-4-6-16(8-13)24-11-18(22)20-21-19(23)12-25-17-9-14(2)7-15(3)10-17/h4-10H,11-12H2,1-3H3,(H,20,22)(H,21,23). The lowest BCUT2D eigenvalue weighted by Gasteiger charge is -2.10. The molecule has 0 heterocycles. The van der Waals surface area contributed by atoms with Crippen LogP contribution in [0.5, 0.6) is 11.5 Å². The fourth-order valence-electron chi connectivity index (χ4n) is 2.23. The van der Waals surface area contributed by atoms with Gasteiger partial charge in [0.15, 0.2) is 13.2 Å². The van der Waals surface area contributed by atoms with Crippen LogP contribution in [0.3, 0.4) is 0 Å². The van der Waals surface area contributed by atoms with Crippen LogP contribution in [0, 0.1) is 20.8 Å². The summed E-state index contributed by atoms with van der Waals surface area (Å²) in [5, 5.41) is 0. The molecule has 6 heteroatoms. The fraction of sp³-hybridized carbons (Fsp3) is 0.263. The molecule has 2 aromatic carbocycles. The van der Waals surface area contributed by atoms with Crippen LogP contribution in [0.4, 0.5) is 0 Å². The summed E-state index contributed by atoms with van der Waals surface area (Å²) in [6.45, 7) is 5.45. The molecule has 6 nitrogen and oxygen atoms in total. The zero-order valence-electron chi connectivity index (χ0n) is 14.6. The average Bonchev–Trinajstić information content (AvgIpc) is 2.55. The second kappa shape index (κ2) is 8.73. The van der Waals surface area contributed by atoms with Crippen LogP contribution in [-0.4, -0.2) is 25.0 Å². The zero-order valence-corrected chi connectivity index (χ0v) is 14.6. The summed E-state index contributed by atoms with van der Waals surface area (Å²) in [6.07, 6.45) is 0. The van der Waals surface area contributed by atoms with E-state index in [1.807, 2.05) is 57.2 Å². The van der Waals surface area contributed by atoms with Crippen LogP contribution >= 0.6 is 0 Å². The van der Waals surface area contributed by atoms with Crippen molar-refractivity contribution in [2.24, 2.45) is 0 Å². The van der Waals surface area contributed by atoms with Crippen molar-refractivity contribution in [3.05, 3.63) is 59.2 Å². The average molecular weight is 342 g/mol. The van der Waals surface area contributed by atoms with Crippen molar-refractivity contribution in [3.63, 3.8) is 0 Å². The van der Waals surface area contributed by atoms with Crippen molar-refractivity contribution in [2.45, 2.75) is 20.8 Å². The molecular weight excluding hydrogens is 320 g/mol. The summed E-state index contributed by atoms with van der Waals surface area (Å²) in [6, 6.07) is 13.1. The van der Waals surface area contributed by atoms with Gasteiger partial charge in [-0.2, -0.15) is 0 Å². The smallest absolute Gasteiger partial charge is 0.276 e. The first-order valence-electron chi connectivity index (χ1n) is 7.90. The number of benzene rings is 2. The molecule has 2 N–H and O–H groups in total. The summed E-state index contributed by atoms with van der Waals surface area (Å²) in [5.74, 6) is 0.297. The van der Waals surface area contributed by atoms with Crippen LogP contribution in [0.1, 0.15) is 16.7 Å². The van der Waals surface area contributed by atoms with E-state index in [9.17, 15) is 9.59 Å². The highest BCUT2D eigenvalue weighted by Gasteiger charge is 2.07. The lowest BCUT2D eigenvalue weighted by molar-refractivity contribution is -0.131. The van der Waals surface area contributed by atoms with E-state index in [2.05, 4.69) is 10.9 Å². The molecule has 2 aromatic rings. The number of hydrazine groups is 1. The normalized spacial score (nSPS) is 10.0. The Balaban J connectivity index is 1.69. The van der Waals surface area contributed by atoms with Crippen LogP contribution < -0.4 is 20.3 Å². The predicted octanol–water partition coefficient (Wildman–Crippen LogP) is 2.22. The van der Waals surface area contributed by atoms with Gasteiger partial charge in [0.1, 0.15) is 11.5 Å². The molecule has 2 rings (SSSR count). The van der Waals surface area contributed by atoms with Crippen LogP contribution in [0.15, 0.2) is 42.5 Å². The van der Waals surface area contributed by atoms with Crippen molar-refractivity contribution >= 4 is 11.8 Å². The third-order valence-electron chi connectivity index (χ3n) is 3.27. The molecule has 132 valence electrons. The third-order valence-corrected chi connectivity index (χ3v) is 3.27. The highest BCUT2D eigenvalue weighted by Crippen LogP contribution is 2.16. The number of carbonyl (C=O) groups is 2. The number of carbonyl (C=O) groups excluding carboxylic acids is 2. The predicted molar refractivity (Wildman–Crippen MR) is 94.4 cm³/mol. The number of ether oxygens (including phenoxy) is 2. The van der Waals surface area contributed by atoms with Crippen molar-refractivity contribution in [1.29, 1.82) is 0 Å². The number of nitrogens with one attached hydrogen (secondary N) is 2. The molecule has 0 saturated heterocycles. The Kier molecular flexibility index (Phi) is 6.39. The van der Waals surface area contributed by atoms with E-state index in [-0.39, 0.29) is 13.2 Å². The van der Waals surface area contributed by atoms with Gasteiger partial charge in [0.2, 0.25) is 0 Å². The molecule has 0 bridgehead atoms. The molecule has 0 aliphatic carbocycles. The minimum atomic E-state index is -0.457. The van der Waals surface area contributed by atoms with Crippen LogP contribution in [0.2, 0.25) is 0 Å². The maximum atomic E-state index is 11.7. The molecule has 2 amide bonds. The largest absolute Gasteiger partial charge is 0.484 e. The maximum absolute atomic E-state index is 11.7. The van der Waals surface area contributed by atoms with Gasteiger partial charge in [-0.05, 0) is 61.7 Å². The third kappa shape index (κ3) is 6.55. The van der Waals surface area contributed by atoms with Gasteiger partial charge in [-0.15, -0.1) is 0 Å². The number of rotatable bonds is 6. The Bertz CT molecular complexity index is 739. The van der Waals surface area contributed by atoms with Crippen LogP contribution in [0.25, 0.3) is 0 Å². The van der Waals surface area contributed by atoms with Crippen molar-refractivity contribution < 1.29 is 19.1 Å². The van der Waals surface area contributed by atoms with Gasteiger partial charge in [-0.3, -0.25) is 20.4 Å². The van der Waals surface area contributed by atoms with E-state index in [1.54, 1.807) is 6.07 Å². The van der Waals surface area contributed by atoms with Crippen molar-refractivity contribution in [1.82, 2.24) is 10.9 Å². The van der Waals surface area contributed by atoms with Gasteiger partial charge in [0, 0.05) is 0 Å². The molecule has 0 fully saturated rings. The second-order valence-corrected chi connectivity index (χ2v) is 5.81.